The molecule has 2 unspecified atom stereocenters. The number of nitrogens with one attached hydrogen (secondary N) is 2. The van der Waals surface area contributed by atoms with E-state index in [1.54, 1.807) is 6.07 Å². The summed E-state index contributed by atoms with van der Waals surface area (Å²) in [6, 6.07) is 15.1. The fourth-order valence-corrected chi connectivity index (χ4v) is 3.42. The van der Waals surface area contributed by atoms with Crippen LogP contribution < -0.4 is 11.1 Å². The highest BCUT2D eigenvalue weighted by Crippen LogP contribution is 2.29. The van der Waals surface area contributed by atoms with Gasteiger partial charge in [0.25, 0.3) is 5.91 Å². The Morgan fingerprint density at radius 2 is 2.04 bits per heavy atom. The predicted molar refractivity (Wildman–Crippen MR) is 91.6 cm³/mol. The maximum Gasteiger partial charge on any atom is 0.268 e. The number of carbonyl (C=O) groups is 1. The molecular weight excluding hydrogens is 310 g/mol. The highest BCUT2D eigenvalue weighted by molar-refractivity contribution is 6.31. The minimum absolute atomic E-state index is 0.0881. The Hall–Kier alpha value is -2.30. The Bertz CT molecular complexity index is 902. The van der Waals surface area contributed by atoms with Crippen molar-refractivity contribution >= 4 is 28.4 Å². The van der Waals surface area contributed by atoms with Gasteiger partial charge in [0.05, 0.1) is 12.1 Å². The van der Waals surface area contributed by atoms with Gasteiger partial charge in [0, 0.05) is 15.9 Å². The standard InChI is InChI=1S/C18H16ClN3O/c19-12-5-6-14-11(7-12)9-16(21-14)18(23)22-15-8-10-3-1-2-4-13(10)17(15)20/h1-7,9,15,17,21H,8,20H2,(H,22,23). The molecule has 0 bridgehead atoms. The molecule has 2 atom stereocenters. The summed E-state index contributed by atoms with van der Waals surface area (Å²) >= 11 is 5.98. The molecule has 1 aromatic heterocycles. The lowest BCUT2D eigenvalue weighted by Gasteiger charge is -2.17. The summed E-state index contributed by atoms with van der Waals surface area (Å²) in [4.78, 5) is 15.6. The molecule has 4 N–H and O–H groups in total. The molecule has 23 heavy (non-hydrogen) atoms. The van der Waals surface area contributed by atoms with Crippen molar-refractivity contribution in [1.82, 2.24) is 10.3 Å². The third-order valence-corrected chi connectivity index (χ3v) is 4.67. The van der Waals surface area contributed by atoms with Gasteiger partial charge in [-0.25, -0.2) is 0 Å². The van der Waals surface area contributed by atoms with Crippen LogP contribution in [0.25, 0.3) is 10.9 Å². The van der Waals surface area contributed by atoms with E-state index in [9.17, 15) is 4.79 Å². The van der Waals surface area contributed by atoms with Gasteiger partial charge in [-0.2, -0.15) is 0 Å². The van der Waals surface area contributed by atoms with E-state index >= 15 is 0 Å². The van der Waals surface area contributed by atoms with E-state index < -0.39 is 0 Å². The van der Waals surface area contributed by atoms with E-state index in [4.69, 9.17) is 17.3 Å². The molecule has 0 saturated carbocycles. The summed E-state index contributed by atoms with van der Waals surface area (Å²) in [6.07, 6.45) is 0.759. The van der Waals surface area contributed by atoms with Gasteiger partial charge < -0.3 is 16.0 Å². The van der Waals surface area contributed by atoms with Crippen molar-refractivity contribution in [2.24, 2.45) is 5.73 Å². The van der Waals surface area contributed by atoms with E-state index in [2.05, 4.69) is 16.4 Å². The lowest BCUT2D eigenvalue weighted by Crippen LogP contribution is -2.40. The second-order valence-corrected chi connectivity index (χ2v) is 6.36. The van der Waals surface area contributed by atoms with Gasteiger partial charge in [0.2, 0.25) is 0 Å². The van der Waals surface area contributed by atoms with Gasteiger partial charge >= 0.3 is 0 Å². The van der Waals surface area contributed by atoms with Crippen molar-refractivity contribution in [2.75, 3.05) is 0 Å². The molecule has 4 rings (SSSR count). The number of aromatic amines is 1. The van der Waals surface area contributed by atoms with E-state index in [1.165, 1.54) is 5.56 Å². The van der Waals surface area contributed by atoms with Crippen LogP contribution in [0, 0.1) is 0 Å². The van der Waals surface area contributed by atoms with Crippen LogP contribution in [0.15, 0.2) is 48.5 Å². The van der Waals surface area contributed by atoms with Crippen LogP contribution in [0.3, 0.4) is 0 Å². The zero-order valence-electron chi connectivity index (χ0n) is 12.3. The van der Waals surface area contributed by atoms with Gasteiger partial charge in [-0.15, -0.1) is 0 Å². The third-order valence-electron chi connectivity index (χ3n) is 4.43. The normalized spacial score (nSPS) is 19.7. The van der Waals surface area contributed by atoms with Crippen molar-refractivity contribution in [1.29, 1.82) is 0 Å². The first-order valence-electron chi connectivity index (χ1n) is 7.54. The molecule has 0 saturated heterocycles. The molecule has 3 aromatic rings. The molecule has 2 aromatic carbocycles. The largest absolute Gasteiger partial charge is 0.351 e. The molecule has 4 nitrogen and oxygen atoms in total. The Morgan fingerprint density at radius 1 is 1.22 bits per heavy atom. The molecule has 116 valence electrons. The van der Waals surface area contributed by atoms with E-state index in [0.29, 0.717) is 10.7 Å². The third kappa shape index (κ3) is 2.50. The number of aromatic nitrogens is 1. The van der Waals surface area contributed by atoms with E-state index in [0.717, 1.165) is 22.9 Å². The van der Waals surface area contributed by atoms with Gasteiger partial charge in [0.1, 0.15) is 5.69 Å². The van der Waals surface area contributed by atoms with Crippen LogP contribution in [0.4, 0.5) is 0 Å². The molecular formula is C18H16ClN3O. The number of hydrogen-bond acceptors (Lipinski definition) is 2. The number of benzene rings is 2. The smallest absolute Gasteiger partial charge is 0.268 e. The molecule has 0 fully saturated rings. The summed E-state index contributed by atoms with van der Waals surface area (Å²) in [5, 5.41) is 4.61. The zero-order valence-corrected chi connectivity index (χ0v) is 13.1. The van der Waals surface area contributed by atoms with Gasteiger partial charge in [-0.05, 0) is 41.8 Å². The van der Waals surface area contributed by atoms with Crippen LogP contribution in [-0.4, -0.2) is 16.9 Å². The predicted octanol–water partition coefficient (Wildman–Crippen LogP) is 3.18. The summed E-state index contributed by atoms with van der Waals surface area (Å²) in [5.74, 6) is -0.148. The number of amides is 1. The molecule has 1 heterocycles. The zero-order chi connectivity index (χ0) is 16.0. The fourth-order valence-electron chi connectivity index (χ4n) is 3.24. The molecule has 0 spiro atoms. The molecule has 0 aliphatic heterocycles. The van der Waals surface area contributed by atoms with Gasteiger partial charge in [0.15, 0.2) is 0 Å². The van der Waals surface area contributed by atoms with E-state index in [1.807, 2.05) is 36.4 Å². The van der Waals surface area contributed by atoms with Crippen LogP contribution in [0.5, 0.6) is 0 Å². The molecule has 5 heteroatoms. The molecule has 0 radical (unpaired) electrons. The minimum atomic E-state index is -0.172. The summed E-state index contributed by atoms with van der Waals surface area (Å²) in [5.41, 5.74) is 9.99. The van der Waals surface area contributed by atoms with Crippen molar-refractivity contribution in [2.45, 2.75) is 18.5 Å². The highest BCUT2D eigenvalue weighted by Gasteiger charge is 2.30. The Morgan fingerprint density at radius 3 is 2.87 bits per heavy atom. The lowest BCUT2D eigenvalue weighted by molar-refractivity contribution is 0.0929. The maximum absolute atomic E-state index is 12.5. The van der Waals surface area contributed by atoms with Crippen LogP contribution in [0.2, 0.25) is 5.02 Å². The number of rotatable bonds is 2. The minimum Gasteiger partial charge on any atom is -0.351 e. The van der Waals surface area contributed by atoms with E-state index in [-0.39, 0.29) is 18.0 Å². The van der Waals surface area contributed by atoms with Crippen molar-refractivity contribution in [3.05, 3.63) is 70.4 Å². The highest BCUT2D eigenvalue weighted by atomic mass is 35.5. The number of carbonyl (C=O) groups excluding carboxylic acids is 1. The first-order chi connectivity index (χ1) is 11.1. The average molecular weight is 326 g/mol. The monoisotopic (exact) mass is 325 g/mol. The number of hydrogen-bond donors (Lipinski definition) is 3. The molecule has 1 aliphatic rings. The van der Waals surface area contributed by atoms with Crippen LogP contribution in [-0.2, 0) is 6.42 Å². The SMILES string of the molecule is NC1c2ccccc2CC1NC(=O)c1cc2cc(Cl)ccc2[nH]1. The summed E-state index contributed by atoms with van der Waals surface area (Å²) in [7, 11) is 0. The number of halogens is 1. The number of nitrogens with two attached hydrogens (primary N) is 1. The Kier molecular flexibility index (Phi) is 3.36. The van der Waals surface area contributed by atoms with Crippen molar-refractivity contribution in [3.63, 3.8) is 0 Å². The van der Waals surface area contributed by atoms with Crippen LogP contribution >= 0.6 is 11.6 Å². The Balaban J connectivity index is 1.56. The van der Waals surface area contributed by atoms with Crippen LogP contribution in [0.1, 0.15) is 27.7 Å². The molecule has 1 amide bonds. The topological polar surface area (TPSA) is 70.9 Å². The van der Waals surface area contributed by atoms with Gasteiger partial charge in [-0.1, -0.05) is 35.9 Å². The second kappa shape index (κ2) is 5.41. The Labute approximate surface area is 138 Å². The lowest BCUT2D eigenvalue weighted by atomic mass is 10.1. The summed E-state index contributed by atoms with van der Waals surface area (Å²) in [6.45, 7) is 0. The van der Waals surface area contributed by atoms with Crippen molar-refractivity contribution in [3.8, 4) is 0 Å². The second-order valence-electron chi connectivity index (χ2n) is 5.92. The first-order valence-corrected chi connectivity index (χ1v) is 7.92. The average Bonchev–Trinajstić information content (AvgIpc) is 3.09. The molecule has 1 aliphatic carbocycles. The quantitative estimate of drug-likeness (QED) is 0.677. The number of fused-ring (bicyclic) bond motifs is 2. The van der Waals surface area contributed by atoms with Gasteiger partial charge in [-0.3, -0.25) is 4.79 Å². The maximum atomic E-state index is 12.5. The fraction of sp³-hybridized carbons (Fsp3) is 0.167. The summed E-state index contributed by atoms with van der Waals surface area (Å²) < 4.78 is 0. The first kappa shape index (κ1) is 14.3. The number of H-pyrrole nitrogens is 1. The van der Waals surface area contributed by atoms with Crippen molar-refractivity contribution < 1.29 is 4.79 Å².